The first-order valence-electron chi connectivity index (χ1n) is 6.34. The molecule has 7 nitrogen and oxygen atoms in total. The summed E-state index contributed by atoms with van der Waals surface area (Å²) in [6.45, 7) is 3.14. The lowest BCUT2D eigenvalue weighted by atomic mass is 9.90. The molecule has 0 radical (unpaired) electrons. The summed E-state index contributed by atoms with van der Waals surface area (Å²) in [5.74, 6) is 0. The topological polar surface area (TPSA) is 107 Å². The van der Waals surface area contributed by atoms with Crippen LogP contribution in [0.1, 0.15) is 13.3 Å². The van der Waals surface area contributed by atoms with Crippen LogP contribution in [0.15, 0.2) is 27.6 Å². The van der Waals surface area contributed by atoms with E-state index >= 15 is 0 Å². The van der Waals surface area contributed by atoms with Crippen molar-refractivity contribution in [1.82, 2.24) is 4.31 Å². The van der Waals surface area contributed by atoms with Gasteiger partial charge in [0.1, 0.15) is 0 Å². The molecule has 0 amide bonds. The van der Waals surface area contributed by atoms with Gasteiger partial charge in [-0.1, -0.05) is 6.92 Å². The molecule has 1 heterocycles. The van der Waals surface area contributed by atoms with E-state index in [-0.39, 0.29) is 20.5 Å². The quantitative estimate of drug-likeness (QED) is 0.634. The predicted molar refractivity (Wildman–Crippen MR) is 81.3 cm³/mol. The van der Waals surface area contributed by atoms with Crippen molar-refractivity contribution in [1.29, 1.82) is 0 Å². The Labute approximate surface area is 131 Å². The lowest BCUT2D eigenvalue weighted by Gasteiger charge is -2.22. The number of benzene rings is 1. The summed E-state index contributed by atoms with van der Waals surface area (Å²) < 4.78 is 26.7. The van der Waals surface area contributed by atoms with Gasteiger partial charge in [0.25, 0.3) is 5.69 Å². The number of nitro benzene ring substituents is 1. The second-order valence-corrected chi connectivity index (χ2v) is 8.27. The van der Waals surface area contributed by atoms with Crippen molar-refractivity contribution in [3.63, 3.8) is 0 Å². The van der Waals surface area contributed by atoms with Gasteiger partial charge in [0.2, 0.25) is 10.0 Å². The second kappa shape index (κ2) is 5.64. The number of hydrogen-bond acceptors (Lipinski definition) is 5. The van der Waals surface area contributed by atoms with Crippen LogP contribution in [-0.4, -0.2) is 37.3 Å². The fourth-order valence-electron chi connectivity index (χ4n) is 2.30. The third-order valence-electron chi connectivity index (χ3n) is 3.77. The van der Waals surface area contributed by atoms with E-state index in [1.807, 2.05) is 6.92 Å². The molecule has 0 aromatic heterocycles. The largest absolute Gasteiger partial charge is 0.330 e. The molecule has 1 fully saturated rings. The second-order valence-electron chi connectivity index (χ2n) is 5.47. The first kappa shape index (κ1) is 16.3. The molecule has 1 atom stereocenters. The Morgan fingerprint density at radius 3 is 2.67 bits per heavy atom. The van der Waals surface area contributed by atoms with E-state index < -0.39 is 14.9 Å². The average Bonchev–Trinajstić information content (AvgIpc) is 2.82. The lowest BCUT2D eigenvalue weighted by Crippen LogP contribution is -2.34. The van der Waals surface area contributed by atoms with Crippen molar-refractivity contribution >= 4 is 31.6 Å². The van der Waals surface area contributed by atoms with E-state index in [1.165, 1.54) is 22.5 Å². The van der Waals surface area contributed by atoms with E-state index in [2.05, 4.69) is 15.9 Å². The van der Waals surface area contributed by atoms with Gasteiger partial charge in [0.05, 0.1) is 14.3 Å². The molecule has 1 aliphatic heterocycles. The maximum atomic E-state index is 12.6. The smallest absolute Gasteiger partial charge is 0.283 e. The number of halogens is 1. The van der Waals surface area contributed by atoms with Gasteiger partial charge in [-0.25, -0.2) is 8.42 Å². The van der Waals surface area contributed by atoms with Crippen LogP contribution >= 0.6 is 15.9 Å². The molecule has 116 valence electrons. The molecule has 2 N–H and O–H groups in total. The molecular formula is C12H16BrN3O4S. The van der Waals surface area contributed by atoms with Crippen LogP contribution in [0, 0.1) is 15.5 Å². The van der Waals surface area contributed by atoms with Gasteiger partial charge < -0.3 is 5.73 Å². The fourth-order valence-corrected chi connectivity index (χ4v) is 4.59. The molecule has 0 spiro atoms. The summed E-state index contributed by atoms with van der Waals surface area (Å²) in [6.07, 6.45) is 0.705. The maximum absolute atomic E-state index is 12.6. The zero-order valence-corrected chi connectivity index (χ0v) is 13.9. The monoisotopic (exact) mass is 377 g/mol. The van der Waals surface area contributed by atoms with Crippen molar-refractivity contribution in [3.8, 4) is 0 Å². The first-order chi connectivity index (χ1) is 9.69. The summed E-state index contributed by atoms with van der Waals surface area (Å²) in [5.41, 5.74) is 5.30. The highest BCUT2D eigenvalue weighted by Crippen LogP contribution is 2.34. The number of rotatable bonds is 4. The Kier molecular flexibility index (Phi) is 4.39. The van der Waals surface area contributed by atoms with Crippen LogP contribution in [0.2, 0.25) is 0 Å². The summed E-state index contributed by atoms with van der Waals surface area (Å²) in [5, 5.41) is 10.8. The Hall–Kier alpha value is -1.03. The minimum Gasteiger partial charge on any atom is -0.330 e. The van der Waals surface area contributed by atoms with Crippen LogP contribution in [0.25, 0.3) is 0 Å². The number of nitro groups is 1. The van der Waals surface area contributed by atoms with Gasteiger partial charge in [-0.2, -0.15) is 4.31 Å². The Balaban J connectivity index is 2.33. The van der Waals surface area contributed by atoms with Gasteiger partial charge in [-0.15, -0.1) is 0 Å². The van der Waals surface area contributed by atoms with Crippen molar-refractivity contribution in [2.75, 3.05) is 19.6 Å². The van der Waals surface area contributed by atoms with E-state index in [1.54, 1.807) is 0 Å². The molecule has 1 aliphatic rings. The molecule has 9 heteroatoms. The SMILES string of the molecule is CC1(CN)CCN(S(=O)(=O)c2ccc([N+](=O)[O-])c(Br)c2)C1. The summed E-state index contributed by atoms with van der Waals surface area (Å²) in [4.78, 5) is 10.2. The number of hydrogen-bond donors (Lipinski definition) is 1. The van der Waals surface area contributed by atoms with Crippen LogP contribution in [-0.2, 0) is 10.0 Å². The Bertz CT molecular complexity index is 679. The van der Waals surface area contributed by atoms with Crippen LogP contribution < -0.4 is 5.73 Å². The van der Waals surface area contributed by atoms with Gasteiger partial charge in [0.15, 0.2) is 0 Å². The zero-order chi connectivity index (χ0) is 15.8. The van der Waals surface area contributed by atoms with Crippen LogP contribution in [0.3, 0.4) is 0 Å². The predicted octanol–water partition coefficient (Wildman–Crippen LogP) is 1.72. The molecule has 21 heavy (non-hydrogen) atoms. The fraction of sp³-hybridized carbons (Fsp3) is 0.500. The van der Waals surface area contributed by atoms with E-state index in [4.69, 9.17) is 5.73 Å². The van der Waals surface area contributed by atoms with Gasteiger partial charge >= 0.3 is 0 Å². The molecule has 2 rings (SSSR count). The summed E-state index contributed by atoms with van der Waals surface area (Å²) in [7, 11) is -3.66. The first-order valence-corrected chi connectivity index (χ1v) is 8.57. The number of nitrogens with zero attached hydrogens (tertiary/aromatic N) is 2. The molecule has 0 bridgehead atoms. The Morgan fingerprint density at radius 2 is 2.19 bits per heavy atom. The van der Waals surface area contributed by atoms with E-state index in [0.29, 0.717) is 26.1 Å². The number of sulfonamides is 1. The summed E-state index contributed by atoms with van der Waals surface area (Å²) >= 11 is 3.04. The van der Waals surface area contributed by atoms with Crippen molar-refractivity contribution in [2.24, 2.45) is 11.1 Å². The maximum Gasteiger partial charge on any atom is 0.283 e. The molecule has 0 aliphatic carbocycles. The van der Waals surface area contributed by atoms with Crippen LogP contribution in [0.4, 0.5) is 5.69 Å². The molecular weight excluding hydrogens is 362 g/mol. The standard InChI is InChI=1S/C12H16BrN3O4S/c1-12(7-14)4-5-15(8-12)21(19,20)9-2-3-11(16(17)18)10(13)6-9/h2-3,6H,4-5,7-8,14H2,1H3. The van der Waals surface area contributed by atoms with E-state index in [0.717, 1.165) is 0 Å². The van der Waals surface area contributed by atoms with E-state index in [9.17, 15) is 18.5 Å². The zero-order valence-electron chi connectivity index (χ0n) is 11.5. The molecule has 1 unspecified atom stereocenters. The van der Waals surface area contributed by atoms with Crippen molar-refractivity contribution in [2.45, 2.75) is 18.2 Å². The third kappa shape index (κ3) is 3.10. The molecule has 1 saturated heterocycles. The average molecular weight is 378 g/mol. The normalized spacial score (nSPS) is 23.4. The molecule has 1 aromatic rings. The Morgan fingerprint density at radius 1 is 1.52 bits per heavy atom. The number of nitrogens with two attached hydrogens (primary N) is 1. The molecule has 0 saturated carbocycles. The highest BCUT2D eigenvalue weighted by molar-refractivity contribution is 9.10. The van der Waals surface area contributed by atoms with Crippen molar-refractivity contribution < 1.29 is 13.3 Å². The van der Waals surface area contributed by atoms with Gasteiger partial charge in [-0.3, -0.25) is 10.1 Å². The van der Waals surface area contributed by atoms with Crippen LogP contribution in [0.5, 0.6) is 0 Å². The highest BCUT2D eigenvalue weighted by atomic mass is 79.9. The molecule has 1 aromatic carbocycles. The van der Waals surface area contributed by atoms with Crippen molar-refractivity contribution in [3.05, 3.63) is 32.8 Å². The minimum absolute atomic E-state index is 0.0428. The van der Waals surface area contributed by atoms with Gasteiger partial charge in [0, 0.05) is 19.2 Å². The highest BCUT2D eigenvalue weighted by Gasteiger charge is 2.39. The van der Waals surface area contributed by atoms with Gasteiger partial charge in [-0.05, 0) is 46.4 Å². The lowest BCUT2D eigenvalue weighted by molar-refractivity contribution is -0.385. The summed E-state index contributed by atoms with van der Waals surface area (Å²) in [6, 6.07) is 3.72. The minimum atomic E-state index is -3.66. The third-order valence-corrected chi connectivity index (χ3v) is 6.25.